The smallest absolute Gasteiger partial charge is 0.301 e. The van der Waals surface area contributed by atoms with Crippen LogP contribution in [0, 0.1) is 0 Å². The van der Waals surface area contributed by atoms with Crippen molar-refractivity contribution in [3.05, 3.63) is 12.4 Å². The lowest BCUT2D eigenvalue weighted by Gasteiger charge is -2.23. The van der Waals surface area contributed by atoms with Crippen LogP contribution in [0.25, 0.3) is 0 Å². The van der Waals surface area contributed by atoms with E-state index in [1.54, 1.807) is 19.4 Å². The molecule has 1 saturated heterocycles. The summed E-state index contributed by atoms with van der Waals surface area (Å²) in [5, 5.41) is 7.57. The number of anilines is 1. The summed E-state index contributed by atoms with van der Waals surface area (Å²) in [6.07, 6.45) is 5.36. The molecule has 0 bridgehead atoms. The van der Waals surface area contributed by atoms with Crippen LogP contribution in [0.1, 0.15) is 32.7 Å². The van der Waals surface area contributed by atoms with E-state index >= 15 is 0 Å². The molecule has 0 aromatic carbocycles. The van der Waals surface area contributed by atoms with Gasteiger partial charge >= 0.3 is 10.2 Å². The molecule has 1 aromatic rings. The number of hydrogen-bond donors (Lipinski definition) is 2. The Morgan fingerprint density at radius 1 is 1.45 bits per heavy atom. The van der Waals surface area contributed by atoms with E-state index in [9.17, 15) is 8.42 Å². The maximum atomic E-state index is 12.1. The molecule has 0 unspecified atom stereocenters. The van der Waals surface area contributed by atoms with E-state index in [2.05, 4.69) is 15.1 Å². The fourth-order valence-corrected chi connectivity index (χ4v) is 3.26. The summed E-state index contributed by atoms with van der Waals surface area (Å²) in [5.74, 6) is 0. The van der Waals surface area contributed by atoms with Gasteiger partial charge < -0.3 is 5.32 Å². The van der Waals surface area contributed by atoms with Crippen LogP contribution in [0.4, 0.5) is 5.69 Å². The van der Waals surface area contributed by atoms with E-state index in [0.29, 0.717) is 11.7 Å². The summed E-state index contributed by atoms with van der Waals surface area (Å²) in [6, 6.07) is 0.254. The largest absolute Gasteiger partial charge is 0.317 e. The van der Waals surface area contributed by atoms with Crippen molar-refractivity contribution in [1.29, 1.82) is 0 Å². The van der Waals surface area contributed by atoms with Crippen molar-refractivity contribution in [3.63, 3.8) is 0 Å². The van der Waals surface area contributed by atoms with Crippen LogP contribution in [-0.2, 0) is 10.2 Å². The van der Waals surface area contributed by atoms with Gasteiger partial charge in [-0.3, -0.25) is 9.40 Å². The molecule has 2 N–H and O–H groups in total. The summed E-state index contributed by atoms with van der Waals surface area (Å²) in [6.45, 7) is 5.61. The number of hydrogen-bond acceptors (Lipinski definition) is 4. The molecule has 0 saturated carbocycles. The van der Waals surface area contributed by atoms with Crippen molar-refractivity contribution in [1.82, 2.24) is 19.4 Å². The van der Waals surface area contributed by atoms with Crippen molar-refractivity contribution in [2.24, 2.45) is 0 Å². The maximum absolute atomic E-state index is 12.1. The Morgan fingerprint density at radius 3 is 2.70 bits per heavy atom. The molecule has 1 fully saturated rings. The van der Waals surface area contributed by atoms with Crippen molar-refractivity contribution < 1.29 is 8.42 Å². The predicted molar refractivity (Wildman–Crippen MR) is 78.8 cm³/mol. The minimum absolute atomic E-state index is 0.0908. The van der Waals surface area contributed by atoms with Gasteiger partial charge in [-0.25, -0.2) is 0 Å². The minimum atomic E-state index is -3.51. The summed E-state index contributed by atoms with van der Waals surface area (Å²) >= 11 is 0. The van der Waals surface area contributed by atoms with Gasteiger partial charge in [-0.2, -0.15) is 17.8 Å². The first-order valence-corrected chi connectivity index (χ1v) is 8.35. The van der Waals surface area contributed by atoms with Gasteiger partial charge in [-0.15, -0.1) is 0 Å². The molecule has 2 rings (SSSR count). The monoisotopic (exact) mass is 301 g/mol. The molecule has 7 nitrogen and oxygen atoms in total. The Morgan fingerprint density at radius 2 is 2.10 bits per heavy atom. The van der Waals surface area contributed by atoms with Crippen molar-refractivity contribution in [3.8, 4) is 0 Å². The van der Waals surface area contributed by atoms with Gasteiger partial charge in [0.15, 0.2) is 0 Å². The van der Waals surface area contributed by atoms with E-state index in [1.165, 1.54) is 4.31 Å². The van der Waals surface area contributed by atoms with E-state index in [0.717, 1.165) is 25.9 Å². The van der Waals surface area contributed by atoms with E-state index < -0.39 is 10.2 Å². The molecule has 0 atom stereocenters. The molecule has 0 aliphatic carbocycles. The zero-order chi connectivity index (χ0) is 14.8. The van der Waals surface area contributed by atoms with Crippen molar-refractivity contribution in [2.45, 2.75) is 38.8 Å². The Bertz CT molecular complexity index is 534. The molecule has 114 valence electrons. The van der Waals surface area contributed by atoms with Gasteiger partial charge in [0.05, 0.1) is 17.9 Å². The second-order valence-electron chi connectivity index (χ2n) is 5.41. The van der Waals surface area contributed by atoms with E-state index in [4.69, 9.17) is 0 Å². The standard InChI is InChI=1S/C12H23N5O2S/c1-10(2)16(3)20(18,19)15-11-8-14-17(9-11)12-4-6-13-7-5-12/h8-10,12-13,15H,4-7H2,1-3H3. The summed E-state index contributed by atoms with van der Waals surface area (Å²) in [4.78, 5) is 0. The van der Waals surface area contributed by atoms with Crippen LogP contribution < -0.4 is 10.0 Å². The molecule has 2 heterocycles. The molecular weight excluding hydrogens is 278 g/mol. The zero-order valence-corrected chi connectivity index (χ0v) is 13.0. The molecule has 20 heavy (non-hydrogen) atoms. The van der Waals surface area contributed by atoms with Gasteiger partial charge in [0.25, 0.3) is 0 Å². The van der Waals surface area contributed by atoms with E-state index in [-0.39, 0.29) is 6.04 Å². The lowest BCUT2D eigenvalue weighted by molar-refractivity contribution is 0.343. The van der Waals surface area contributed by atoms with Crippen LogP contribution in [0.2, 0.25) is 0 Å². The molecule has 8 heteroatoms. The molecule has 1 aliphatic rings. The first-order chi connectivity index (χ1) is 9.40. The maximum Gasteiger partial charge on any atom is 0.301 e. The Kier molecular flexibility index (Phi) is 4.66. The zero-order valence-electron chi connectivity index (χ0n) is 12.2. The molecule has 0 radical (unpaired) electrons. The predicted octanol–water partition coefficient (Wildman–Crippen LogP) is 0.804. The van der Waals surface area contributed by atoms with Crippen LogP contribution in [0.5, 0.6) is 0 Å². The summed E-state index contributed by atoms with van der Waals surface area (Å²) in [5.41, 5.74) is 0.510. The van der Waals surface area contributed by atoms with Crippen molar-refractivity contribution in [2.75, 3.05) is 24.9 Å². The molecular formula is C12H23N5O2S. The van der Waals surface area contributed by atoms with Crippen LogP contribution in [0.3, 0.4) is 0 Å². The second-order valence-corrected chi connectivity index (χ2v) is 7.14. The highest BCUT2D eigenvalue weighted by Gasteiger charge is 2.22. The average molecular weight is 301 g/mol. The molecule has 0 amide bonds. The third-order valence-corrected chi connectivity index (χ3v) is 5.31. The second kappa shape index (κ2) is 6.11. The van der Waals surface area contributed by atoms with Crippen LogP contribution in [0.15, 0.2) is 12.4 Å². The fourth-order valence-electron chi connectivity index (χ4n) is 2.16. The van der Waals surface area contributed by atoms with Gasteiger partial charge in [0.1, 0.15) is 0 Å². The molecule has 0 spiro atoms. The number of nitrogens with one attached hydrogen (secondary N) is 2. The van der Waals surface area contributed by atoms with Gasteiger partial charge in [0, 0.05) is 19.3 Å². The van der Waals surface area contributed by atoms with E-state index in [1.807, 2.05) is 18.5 Å². The Hall–Kier alpha value is -1.12. The van der Waals surface area contributed by atoms with Gasteiger partial charge in [-0.1, -0.05) is 0 Å². The summed E-state index contributed by atoms with van der Waals surface area (Å²) in [7, 11) is -1.95. The summed E-state index contributed by atoms with van der Waals surface area (Å²) < 4.78 is 29.9. The lowest BCUT2D eigenvalue weighted by atomic mass is 10.1. The lowest BCUT2D eigenvalue weighted by Crippen LogP contribution is -2.37. The minimum Gasteiger partial charge on any atom is -0.317 e. The SMILES string of the molecule is CC(C)N(C)S(=O)(=O)Nc1cnn(C2CCNCC2)c1. The first kappa shape index (κ1) is 15.3. The number of rotatable bonds is 5. The van der Waals surface area contributed by atoms with Crippen molar-refractivity contribution >= 4 is 15.9 Å². The highest BCUT2D eigenvalue weighted by Crippen LogP contribution is 2.20. The van der Waals surface area contributed by atoms with Crippen LogP contribution in [-0.4, -0.2) is 48.7 Å². The molecule has 1 aromatic heterocycles. The fraction of sp³-hybridized carbons (Fsp3) is 0.750. The first-order valence-electron chi connectivity index (χ1n) is 6.91. The van der Waals surface area contributed by atoms with Gasteiger partial charge in [-0.05, 0) is 39.8 Å². The molecule has 1 aliphatic heterocycles. The quantitative estimate of drug-likeness (QED) is 0.843. The Labute approximate surface area is 120 Å². The number of piperidine rings is 1. The van der Waals surface area contributed by atoms with Crippen LogP contribution >= 0.6 is 0 Å². The highest BCUT2D eigenvalue weighted by atomic mass is 32.2. The number of nitrogens with zero attached hydrogens (tertiary/aromatic N) is 3. The third kappa shape index (κ3) is 3.50. The average Bonchev–Trinajstić information content (AvgIpc) is 2.86. The Balaban J connectivity index is 2.05. The third-order valence-electron chi connectivity index (χ3n) is 3.64. The topological polar surface area (TPSA) is 79.3 Å². The van der Waals surface area contributed by atoms with Gasteiger partial charge in [0.2, 0.25) is 0 Å². The highest BCUT2D eigenvalue weighted by molar-refractivity contribution is 7.90. The number of aromatic nitrogens is 2. The normalized spacial score (nSPS) is 17.9.